The average molecular weight is 609 g/mol. The van der Waals surface area contributed by atoms with Crippen LogP contribution in [0.15, 0.2) is 72.1 Å². The molecule has 218 valence electrons. The monoisotopic (exact) mass is 608 g/mol. The van der Waals surface area contributed by atoms with Crippen LogP contribution >= 0.6 is 22.9 Å². The highest BCUT2D eigenvalue weighted by molar-refractivity contribution is 7.12. The first-order valence-electron chi connectivity index (χ1n) is 12.9. The molecule has 0 saturated carbocycles. The number of hydrogen-bond acceptors (Lipinski definition) is 7. The number of fused-ring (bicyclic) bond motifs is 3. The van der Waals surface area contributed by atoms with Crippen LogP contribution < -0.4 is 10.4 Å². The van der Waals surface area contributed by atoms with E-state index in [1.54, 1.807) is 6.07 Å². The molecule has 1 N–H and O–H groups in total. The first-order valence-corrected chi connectivity index (χ1v) is 14.2. The number of ether oxygens (including phenoxy) is 1. The second kappa shape index (κ2) is 13.1. The number of aliphatic carboxylic acids is 1. The van der Waals surface area contributed by atoms with E-state index in [0.29, 0.717) is 33.4 Å². The van der Waals surface area contributed by atoms with Crippen LogP contribution in [0.5, 0.6) is 0 Å². The maximum Gasteiger partial charge on any atom is 0.430 e. The quantitative estimate of drug-likeness (QED) is 0.222. The molecule has 3 fully saturated rings. The van der Waals surface area contributed by atoms with Gasteiger partial charge >= 0.3 is 12.1 Å². The number of halogens is 4. The van der Waals surface area contributed by atoms with E-state index in [4.69, 9.17) is 26.2 Å². The van der Waals surface area contributed by atoms with E-state index < -0.39 is 18.2 Å². The van der Waals surface area contributed by atoms with E-state index in [-0.39, 0.29) is 17.9 Å². The third-order valence-electron chi connectivity index (χ3n) is 7.34. The van der Waals surface area contributed by atoms with Gasteiger partial charge in [0.05, 0.1) is 23.0 Å². The van der Waals surface area contributed by atoms with Gasteiger partial charge in [0.1, 0.15) is 19.1 Å². The summed E-state index contributed by atoms with van der Waals surface area (Å²) < 4.78 is 38.4. The number of nitrogens with zero attached hydrogens (tertiary/aromatic N) is 1. The fourth-order valence-corrected chi connectivity index (χ4v) is 6.38. The van der Waals surface area contributed by atoms with Gasteiger partial charge in [-0.05, 0) is 29.1 Å². The lowest BCUT2D eigenvalue weighted by Gasteiger charge is -2.51. The second-order valence-electron chi connectivity index (χ2n) is 10.1. The van der Waals surface area contributed by atoms with Gasteiger partial charge in [0.25, 0.3) is 0 Å². The topological polar surface area (TPSA) is 95.5 Å². The lowest BCUT2D eigenvalue weighted by atomic mass is 9.83. The van der Waals surface area contributed by atoms with Crippen molar-refractivity contribution in [1.82, 2.24) is 0 Å². The predicted octanol–water partition coefficient (Wildman–Crippen LogP) is 4.89. The SMILES string of the molecule is O=C(C[N+]12CCC(CC1)[C@@H](OC(=O)C(Nc1ccccc1)c1ccccc1)C2)c1sccc1Cl.O=C([O-])C(F)(F)F. The molecule has 2 atom stereocenters. The summed E-state index contributed by atoms with van der Waals surface area (Å²) in [7, 11) is 0. The summed E-state index contributed by atoms with van der Waals surface area (Å²) in [6, 6.07) is 20.6. The number of hydrogen-bond donors (Lipinski definition) is 1. The molecular weight excluding hydrogens is 581 g/mol. The molecule has 4 heterocycles. The van der Waals surface area contributed by atoms with E-state index in [1.807, 2.05) is 66.0 Å². The molecule has 0 aliphatic carbocycles. The summed E-state index contributed by atoms with van der Waals surface area (Å²) in [5.74, 6) is -2.86. The number of carbonyl (C=O) groups is 3. The molecule has 6 rings (SSSR count). The minimum atomic E-state index is -5.19. The number of nitrogens with one attached hydrogen (secondary N) is 1. The third-order valence-corrected chi connectivity index (χ3v) is 8.73. The Morgan fingerprint density at radius 3 is 2.15 bits per heavy atom. The number of carboxylic acid groups (broad SMARTS) is 1. The standard InChI is InChI=1S/C27H28ClN2O3S.C2HF3O2/c28-22-13-16-34-26(22)23(31)17-30-14-11-19(12-15-30)24(18-30)33-27(32)25(20-7-3-1-4-8-20)29-21-9-5-2-6-10-21;3-2(4,5)1(6)7/h1-10,13,16,19,24-25,29H,11-12,14-15,17-18H2;(H,6,7)/q+1;/p-1/t19?,24-,25?,30?;/m0./s1. The second-order valence-corrected chi connectivity index (χ2v) is 11.4. The lowest BCUT2D eigenvalue weighted by molar-refractivity contribution is -0.938. The van der Waals surface area contributed by atoms with Gasteiger partial charge < -0.3 is 24.4 Å². The first kappa shape index (κ1) is 30.5. The van der Waals surface area contributed by atoms with Crippen LogP contribution in [0.25, 0.3) is 0 Å². The summed E-state index contributed by atoms with van der Waals surface area (Å²) in [6.45, 7) is 2.97. The Bertz CT molecular complexity index is 1350. The van der Waals surface area contributed by atoms with Crippen molar-refractivity contribution >= 4 is 46.3 Å². The van der Waals surface area contributed by atoms with Crippen LogP contribution in [0.1, 0.15) is 34.1 Å². The number of piperidine rings is 3. The van der Waals surface area contributed by atoms with Crippen LogP contribution in [0, 0.1) is 5.92 Å². The molecule has 0 spiro atoms. The Balaban J connectivity index is 0.000000493. The summed E-state index contributed by atoms with van der Waals surface area (Å²) in [4.78, 5) is 35.9. The van der Waals surface area contributed by atoms with Crippen molar-refractivity contribution in [2.45, 2.75) is 31.2 Å². The largest absolute Gasteiger partial charge is 0.542 e. The van der Waals surface area contributed by atoms with Crippen molar-refractivity contribution in [1.29, 1.82) is 0 Å². The van der Waals surface area contributed by atoms with Crippen LogP contribution in [0.3, 0.4) is 0 Å². The summed E-state index contributed by atoms with van der Waals surface area (Å²) in [5.41, 5.74) is 1.73. The van der Waals surface area contributed by atoms with Gasteiger partial charge in [-0.1, -0.05) is 60.1 Å². The van der Waals surface area contributed by atoms with Crippen molar-refractivity contribution in [2.24, 2.45) is 5.92 Å². The van der Waals surface area contributed by atoms with Crippen molar-refractivity contribution in [3.63, 3.8) is 0 Å². The van der Waals surface area contributed by atoms with E-state index in [1.165, 1.54) is 11.3 Å². The Hall–Kier alpha value is -3.41. The van der Waals surface area contributed by atoms with Crippen molar-refractivity contribution in [2.75, 3.05) is 31.5 Å². The normalized spacial score (nSPS) is 22.1. The van der Waals surface area contributed by atoms with E-state index in [9.17, 15) is 22.8 Å². The Labute approximate surface area is 244 Å². The molecule has 3 aromatic rings. The van der Waals surface area contributed by atoms with Crippen LogP contribution in [-0.2, 0) is 14.3 Å². The minimum absolute atomic E-state index is 0.0818. The maximum absolute atomic E-state index is 13.5. The highest BCUT2D eigenvalue weighted by atomic mass is 35.5. The molecular formula is C29H28ClF3N2O5S. The van der Waals surface area contributed by atoms with E-state index in [2.05, 4.69) is 5.32 Å². The molecule has 1 unspecified atom stereocenters. The number of ketones is 1. The molecule has 0 radical (unpaired) electrons. The molecule has 1 aromatic heterocycles. The van der Waals surface area contributed by atoms with Crippen LogP contribution in [0.2, 0.25) is 5.02 Å². The summed E-state index contributed by atoms with van der Waals surface area (Å²) in [5, 5.41) is 14.5. The molecule has 7 nitrogen and oxygen atoms in total. The van der Waals surface area contributed by atoms with Gasteiger partial charge in [-0.25, -0.2) is 4.79 Å². The fraction of sp³-hybridized carbons (Fsp3) is 0.345. The number of anilines is 1. The van der Waals surface area contributed by atoms with Crippen molar-refractivity contribution in [3.8, 4) is 0 Å². The molecule has 3 saturated heterocycles. The minimum Gasteiger partial charge on any atom is -0.542 e. The van der Waals surface area contributed by atoms with Gasteiger partial charge in [-0.2, -0.15) is 13.2 Å². The summed E-state index contributed by atoms with van der Waals surface area (Å²) >= 11 is 7.61. The van der Waals surface area contributed by atoms with Crippen LogP contribution in [-0.4, -0.2) is 60.7 Å². The molecule has 2 bridgehead atoms. The highest BCUT2D eigenvalue weighted by Gasteiger charge is 2.49. The number of carboxylic acids is 1. The number of alkyl halides is 3. The number of esters is 1. The molecule has 2 aromatic carbocycles. The van der Waals surface area contributed by atoms with E-state index in [0.717, 1.165) is 37.2 Å². The number of quaternary nitrogens is 1. The maximum atomic E-state index is 13.5. The zero-order valence-corrected chi connectivity index (χ0v) is 23.4. The Kier molecular flexibility index (Phi) is 9.72. The number of thiophene rings is 1. The Morgan fingerprint density at radius 2 is 1.61 bits per heavy atom. The van der Waals surface area contributed by atoms with Crippen LogP contribution in [0.4, 0.5) is 18.9 Å². The highest BCUT2D eigenvalue weighted by Crippen LogP contribution is 2.37. The molecule has 3 aliphatic rings. The van der Waals surface area contributed by atoms with Crippen molar-refractivity contribution in [3.05, 3.63) is 87.6 Å². The summed E-state index contributed by atoms with van der Waals surface area (Å²) in [6.07, 6.45) is -3.46. The van der Waals surface area contributed by atoms with Crippen molar-refractivity contribution < 1.29 is 41.9 Å². The van der Waals surface area contributed by atoms with Gasteiger partial charge in [0, 0.05) is 24.4 Å². The number of benzene rings is 2. The van der Waals surface area contributed by atoms with Gasteiger partial charge in [-0.3, -0.25) is 4.79 Å². The molecule has 12 heteroatoms. The molecule has 0 amide bonds. The molecule has 41 heavy (non-hydrogen) atoms. The van der Waals surface area contributed by atoms with Gasteiger partial charge in [0.15, 0.2) is 12.1 Å². The fourth-order valence-electron chi connectivity index (χ4n) is 5.29. The third kappa shape index (κ3) is 7.87. The van der Waals surface area contributed by atoms with Gasteiger partial charge in [0.2, 0.25) is 5.78 Å². The zero-order valence-electron chi connectivity index (χ0n) is 21.8. The lowest BCUT2D eigenvalue weighted by Crippen LogP contribution is -2.65. The Morgan fingerprint density at radius 1 is 1.02 bits per heavy atom. The number of Topliss-reactive ketones (excluding diaryl/α,β-unsaturated/α-hetero) is 1. The first-order chi connectivity index (χ1) is 19.5. The van der Waals surface area contributed by atoms with Gasteiger partial charge in [-0.15, -0.1) is 11.3 Å². The number of para-hydroxylation sites is 1. The van der Waals surface area contributed by atoms with E-state index >= 15 is 0 Å². The smallest absolute Gasteiger partial charge is 0.430 e. The molecule has 3 aliphatic heterocycles. The average Bonchev–Trinajstić information content (AvgIpc) is 3.39. The predicted molar refractivity (Wildman–Crippen MR) is 146 cm³/mol. The zero-order chi connectivity index (χ0) is 29.6. The number of rotatable bonds is 8. The number of carbonyl (C=O) groups excluding carboxylic acids is 3.